The highest BCUT2D eigenvalue weighted by Crippen LogP contribution is 2.24. The van der Waals surface area contributed by atoms with Gasteiger partial charge in [-0.25, -0.2) is 0 Å². The first-order valence-electron chi connectivity index (χ1n) is 9.83. The molecular formula is C22H22ClN5O2. The number of piperidine rings is 1. The van der Waals surface area contributed by atoms with E-state index >= 15 is 0 Å². The van der Waals surface area contributed by atoms with Gasteiger partial charge in [-0.15, -0.1) is 0 Å². The molecule has 0 aliphatic carbocycles. The van der Waals surface area contributed by atoms with E-state index in [-0.39, 0.29) is 17.7 Å². The highest BCUT2D eigenvalue weighted by atomic mass is 35.5. The number of benzene rings is 1. The van der Waals surface area contributed by atoms with Gasteiger partial charge in [0.1, 0.15) is 0 Å². The Labute approximate surface area is 179 Å². The normalized spacial score (nSPS) is 14.5. The number of amides is 2. The zero-order valence-electron chi connectivity index (χ0n) is 16.6. The van der Waals surface area contributed by atoms with Crippen LogP contribution in [-0.4, -0.2) is 45.0 Å². The van der Waals surface area contributed by atoms with Crippen molar-refractivity contribution in [2.24, 2.45) is 5.92 Å². The third kappa shape index (κ3) is 4.36. The molecule has 3 aromatic rings. The Hall–Kier alpha value is -3.19. The van der Waals surface area contributed by atoms with Crippen LogP contribution in [0.2, 0.25) is 5.02 Å². The number of nitrogens with zero attached hydrogens (tertiary/aromatic N) is 3. The molecule has 0 unspecified atom stereocenters. The van der Waals surface area contributed by atoms with E-state index in [1.54, 1.807) is 29.4 Å². The molecule has 8 heteroatoms. The van der Waals surface area contributed by atoms with Gasteiger partial charge in [0, 0.05) is 47.7 Å². The molecular weight excluding hydrogens is 402 g/mol. The maximum absolute atomic E-state index is 12.8. The van der Waals surface area contributed by atoms with Gasteiger partial charge in [-0.1, -0.05) is 17.7 Å². The van der Waals surface area contributed by atoms with Crippen LogP contribution in [0, 0.1) is 12.8 Å². The number of rotatable bonds is 4. The number of hydrogen-bond acceptors (Lipinski definition) is 4. The van der Waals surface area contributed by atoms with Gasteiger partial charge in [0.05, 0.1) is 5.69 Å². The molecule has 1 fully saturated rings. The highest BCUT2D eigenvalue weighted by Gasteiger charge is 2.29. The molecule has 7 nitrogen and oxygen atoms in total. The Morgan fingerprint density at radius 3 is 2.57 bits per heavy atom. The first-order valence-corrected chi connectivity index (χ1v) is 10.2. The van der Waals surface area contributed by atoms with Crippen molar-refractivity contribution in [1.29, 1.82) is 0 Å². The SMILES string of the molecule is Cc1ccc(NC(=O)C2CCN(C(=O)c3cc(-c4ccncc4)[nH]n3)CC2)cc1Cl. The Bertz CT molecular complexity index is 1060. The van der Waals surface area contributed by atoms with Crippen molar-refractivity contribution in [3.05, 3.63) is 65.1 Å². The Morgan fingerprint density at radius 2 is 1.87 bits per heavy atom. The van der Waals surface area contributed by atoms with E-state index in [1.807, 2.05) is 31.2 Å². The number of carbonyl (C=O) groups excluding carboxylic acids is 2. The highest BCUT2D eigenvalue weighted by molar-refractivity contribution is 6.31. The summed E-state index contributed by atoms with van der Waals surface area (Å²) in [5, 5.41) is 10.6. The lowest BCUT2D eigenvalue weighted by molar-refractivity contribution is -0.121. The van der Waals surface area contributed by atoms with Crippen molar-refractivity contribution in [1.82, 2.24) is 20.1 Å². The van der Waals surface area contributed by atoms with Crippen LogP contribution in [-0.2, 0) is 4.79 Å². The number of aromatic nitrogens is 3. The molecule has 2 amide bonds. The maximum atomic E-state index is 12.8. The topological polar surface area (TPSA) is 91.0 Å². The number of H-pyrrole nitrogens is 1. The molecule has 4 rings (SSSR count). The first kappa shape index (κ1) is 20.1. The van der Waals surface area contributed by atoms with Gasteiger partial charge in [-0.05, 0) is 55.7 Å². The van der Waals surface area contributed by atoms with Crippen molar-refractivity contribution in [2.45, 2.75) is 19.8 Å². The minimum Gasteiger partial charge on any atom is -0.337 e. The molecule has 2 N–H and O–H groups in total. The summed E-state index contributed by atoms with van der Waals surface area (Å²) in [7, 11) is 0. The van der Waals surface area contributed by atoms with Crippen LogP contribution in [0.1, 0.15) is 28.9 Å². The van der Waals surface area contributed by atoms with Crippen molar-refractivity contribution in [3.8, 4) is 11.3 Å². The van der Waals surface area contributed by atoms with Crippen LogP contribution in [0.4, 0.5) is 5.69 Å². The van der Waals surface area contributed by atoms with E-state index < -0.39 is 0 Å². The van der Waals surface area contributed by atoms with E-state index in [9.17, 15) is 9.59 Å². The number of halogens is 1. The minimum atomic E-state index is -0.138. The number of hydrogen-bond donors (Lipinski definition) is 2. The second-order valence-corrected chi connectivity index (χ2v) is 7.83. The number of anilines is 1. The number of aromatic amines is 1. The molecule has 1 aliphatic heterocycles. The predicted octanol–water partition coefficient (Wildman–Crippen LogP) is 3.92. The van der Waals surface area contributed by atoms with Crippen molar-refractivity contribution in [2.75, 3.05) is 18.4 Å². The number of nitrogens with one attached hydrogen (secondary N) is 2. The number of carbonyl (C=O) groups is 2. The van der Waals surface area contributed by atoms with Gasteiger partial charge in [0.15, 0.2) is 5.69 Å². The molecule has 1 saturated heterocycles. The van der Waals surface area contributed by atoms with Crippen molar-refractivity contribution >= 4 is 29.1 Å². The third-order valence-corrected chi connectivity index (χ3v) is 5.79. The van der Waals surface area contributed by atoms with Crippen LogP contribution >= 0.6 is 11.6 Å². The summed E-state index contributed by atoms with van der Waals surface area (Å²) < 4.78 is 0. The number of likely N-dealkylation sites (tertiary alicyclic amines) is 1. The molecule has 3 heterocycles. The molecule has 1 aromatic carbocycles. The van der Waals surface area contributed by atoms with E-state index in [1.165, 1.54) is 0 Å². The smallest absolute Gasteiger partial charge is 0.274 e. The lowest BCUT2D eigenvalue weighted by Crippen LogP contribution is -2.41. The lowest BCUT2D eigenvalue weighted by atomic mass is 9.95. The molecule has 0 atom stereocenters. The Morgan fingerprint density at radius 1 is 1.13 bits per heavy atom. The fourth-order valence-electron chi connectivity index (χ4n) is 3.53. The molecule has 0 spiro atoms. The van der Waals surface area contributed by atoms with E-state index in [4.69, 9.17) is 11.6 Å². The van der Waals surface area contributed by atoms with Crippen LogP contribution in [0.15, 0.2) is 48.8 Å². The second kappa shape index (κ2) is 8.67. The summed E-state index contributed by atoms with van der Waals surface area (Å²) >= 11 is 6.13. The largest absolute Gasteiger partial charge is 0.337 e. The van der Waals surface area contributed by atoms with Gasteiger partial charge < -0.3 is 10.2 Å². The summed E-state index contributed by atoms with van der Waals surface area (Å²) in [6.07, 6.45) is 4.60. The van der Waals surface area contributed by atoms with Gasteiger partial charge >= 0.3 is 0 Å². The minimum absolute atomic E-state index is 0.0400. The van der Waals surface area contributed by atoms with Crippen LogP contribution in [0.5, 0.6) is 0 Å². The predicted molar refractivity (Wildman–Crippen MR) is 115 cm³/mol. The average molecular weight is 424 g/mol. The molecule has 0 saturated carbocycles. The van der Waals surface area contributed by atoms with Crippen molar-refractivity contribution in [3.63, 3.8) is 0 Å². The number of pyridine rings is 1. The van der Waals surface area contributed by atoms with Crippen LogP contribution < -0.4 is 5.32 Å². The summed E-state index contributed by atoms with van der Waals surface area (Å²) in [6, 6.07) is 10.9. The van der Waals surface area contributed by atoms with Crippen LogP contribution in [0.3, 0.4) is 0 Å². The summed E-state index contributed by atoms with van der Waals surface area (Å²) in [4.78, 5) is 31.1. The van der Waals surface area contributed by atoms with Crippen molar-refractivity contribution < 1.29 is 9.59 Å². The summed E-state index contributed by atoms with van der Waals surface area (Å²) in [5.41, 5.74) is 3.72. The molecule has 2 aromatic heterocycles. The van der Waals surface area contributed by atoms with Gasteiger partial charge in [-0.2, -0.15) is 5.10 Å². The summed E-state index contributed by atoms with van der Waals surface area (Å²) in [6.45, 7) is 2.95. The molecule has 30 heavy (non-hydrogen) atoms. The first-order chi connectivity index (χ1) is 14.5. The lowest BCUT2D eigenvalue weighted by Gasteiger charge is -2.30. The Balaban J connectivity index is 1.34. The van der Waals surface area contributed by atoms with E-state index in [2.05, 4.69) is 20.5 Å². The molecule has 0 radical (unpaired) electrons. The Kier molecular flexibility index (Phi) is 5.81. The zero-order chi connectivity index (χ0) is 21.1. The maximum Gasteiger partial charge on any atom is 0.274 e. The third-order valence-electron chi connectivity index (χ3n) is 5.38. The standard InChI is InChI=1S/C22H22ClN5O2/c1-14-2-3-17(12-18(14)23)25-21(29)16-6-10-28(11-7-16)22(30)20-13-19(26-27-20)15-4-8-24-9-5-15/h2-5,8-9,12-13,16H,6-7,10-11H2,1H3,(H,25,29)(H,26,27). The fraction of sp³-hybridized carbons (Fsp3) is 0.273. The fourth-order valence-corrected chi connectivity index (χ4v) is 3.71. The van der Waals surface area contributed by atoms with Crippen LogP contribution in [0.25, 0.3) is 11.3 Å². The summed E-state index contributed by atoms with van der Waals surface area (Å²) in [5.74, 6) is -0.307. The van der Waals surface area contributed by atoms with E-state index in [0.717, 1.165) is 16.8 Å². The van der Waals surface area contributed by atoms with Gasteiger partial charge in [-0.3, -0.25) is 19.7 Å². The second-order valence-electron chi connectivity index (χ2n) is 7.42. The van der Waals surface area contributed by atoms with Gasteiger partial charge in [0.2, 0.25) is 5.91 Å². The quantitative estimate of drug-likeness (QED) is 0.665. The molecule has 0 bridgehead atoms. The zero-order valence-corrected chi connectivity index (χ0v) is 17.3. The van der Waals surface area contributed by atoms with Gasteiger partial charge in [0.25, 0.3) is 5.91 Å². The average Bonchev–Trinajstić information content (AvgIpc) is 3.27. The van der Waals surface area contributed by atoms with E-state index in [0.29, 0.717) is 42.3 Å². The number of aryl methyl sites for hydroxylation is 1. The molecule has 1 aliphatic rings. The monoisotopic (exact) mass is 423 g/mol. The molecule has 154 valence electrons.